The van der Waals surface area contributed by atoms with Crippen molar-refractivity contribution in [2.24, 2.45) is 0 Å². The molecule has 2 aromatic rings. The van der Waals surface area contributed by atoms with Crippen LogP contribution in [0.4, 0.5) is 10.1 Å². The van der Waals surface area contributed by atoms with Gasteiger partial charge in [0.2, 0.25) is 0 Å². The van der Waals surface area contributed by atoms with Crippen LogP contribution < -0.4 is 5.32 Å². The minimum atomic E-state index is -0.554. The Kier molecular flexibility index (Phi) is 4.39. The largest absolute Gasteiger partial charge is 0.465 e. The zero-order chi connectivity index (χ0) is 14.7. The van der Waals surface area contributed by atoms with Crippen LogP contribution in [0.3, 0.4) is 0 Å². The van der Waals surface area contributed by atoms with E-state index in [-0.39, 0.29) is 11.6 Å². The molecule has 0 aliphatic heterocycles. The van der Waals surface area contributed by atoms with Gasteiger partial charge < -0.3 is 10.1 Å². The van der Waals surface area contributed by atoms with Crippen molar-refractivity contribution in [2.75, 3.05) is 12.4 Å². The van der Waals surface area contributed by atoms with Crippen molar-refractivity contribution in [1.29, 1.82) is 0 Å². The van der Waals surface area contributed by atoms with Crippen molar-refractivity contribution >= 4 is 23.0 Å². The average Bonchev–Trinajstić information content (AvgIpc) is 2.86. The molecule has 1 N–H and O–H groups in total. The van der Waals surface area contributed by atoms with E-state index in [0.29, 0.717) is 5.69 Å². The molecule has 1 aromatic heterocycles. The Hall–Kier alpha value is -1.88. The molecule has 1 unspecified atom stereocenters. The predicted octanol–water partition coefficient (Wildman–Crippen LogP) is 4.16. The first kappa shape index (κ1) is 14.5. The summed E-state index contributed by atoms with van der Waals surface area (Å²) in [6.45, 7) is 4.04. The highest BCUT2D eigenvalue weighted by molar-refractivity contribution is 7.10. The molecule has 1 atom stereocenters. The molecule has 0 saturated heterocycles. The Bertz CT molecular complexity index is 624. The number of anilines is 1. The van der Waals surface area contributed by atoms with Gasteiger partial charge in [0.25, 0.3) is 0 Å². The SMILES string of the molecule is COC(=O)c1cc(F)ccc1NC(C)c1sccc1C. The molecule has 0 aliphatic rings. The van der Waals surface area contributed by atoms with Gasteiger partial charge in [-0.25, -0.2) is 9.18 Å². The number of methoxy groups -OCH3 is 1. The second-order valence-electron chi connectivity index (χ2n) is 4.52. The van der Waals surface area contributed by atoms with Gasteiger partial charge in [-0.1, -0.05) is 0 Å². The van der Waals surface area contributed by atoms with Crippen LogP contribution in [0.25, 0.3) is 0 Å². The number of nitrogens with one attached hydrogen (secondary N) is 1. The molecule has 3 nitrogen and oxygen atoms in total. The fraction of sp³-hybridized carbons (Fsp3) is 0.267. The number of esters is 1. The summed E-state index contributed by atoms with van der Waals surface area (Å²) < 4.78 is 18.0. The van der Waals surface area contributed by atoms with Gasteiger partial charge in [-0.05, 0) is 49.1 Å². The molecule has 0 saturated carbocycles. The smallest absolute Gasteiger partial charge is 0.340 e. The van der Waals surface area contributed by atoms with Crippen molar-refractivity contribution in [3.8, 4) is 0 Å². The van der Waals surface area contributed by atoms with Gasteiger partial charge in [-0.15, -0.1) is 11.3 Å². The number of carbonyl (C=O) groups excluding carboxylic acids is 1. The second kappa shape index (κ2) is 6.05. The number of aryl methyl sites for hydroxylation is 1. The minimum absolute atomic E-state index is 0.0314. The third-order valence-corrected chi connectivity index (χ3v) is 4.26. The lowest BCUT2D eigenvalue weighted by atomic mass is 10.1. The highest BCUT2D eigenvalue weighted by atomic mass is 32.1. The lowest BCUT2D eigenvalue weighted by Crippen LogP contribution is -2.12. The summed E-state index contributed by atoms with van der Waals surface area (Å²) in [6.07, 6.45) is 0. The monoisotopic (exact) mass is 293 g/mol. The fourth-order valence-corrected chi connectivity index (χ4v) is 2.98. The normalized spacial score (nSPS) is 12.0. The first-order valence-corrected chi connectivity index (χ1v) is 7.09. The lowest BCUT2D eigenvalue weighted by Gasteiger charge is -2.17. The van der Waals surface area contributed by atoms with E-state index in [1.807, 2.05) is 25.3 Å². The summed E-state index contributed by atoms with van der Waals surface area (Å²) in [6, 6.07) is 6.14. The zero-order valence-corrected chi connectivity index (χ0v) is 12.4. The lowest BCUT2D eigenvalue weighted by molar-refractivity contribution is 0.0601. The van der Waals surface area contributed by atoms with Crippen LogP contribution in [0.15, 0.2) is 29.6 Å². The van der Waals surface area contributed by atoms with Gasteiger partial charge in [0.15, 0.2) is 0 Å². The molecule has 2 rings (SSSR count). The van der Waals surface area contributed by atoms with Crippen LogP contribution in [-0.4, -0.2) is 13.1 Å². The third kappa shape index (κ3) is 2.99. The minimum Gasteiger partial charge on any atom is -0.465 e. The highest BCUT2D eigenvalue weighted by Crippen LogP contribution is 2.28. The van der Waals surface area contributed by atoms with Gasteiger partial charge in [0, 0.05) is 10.6 Å². The topological polar surface area (TPSA) is 38.3 Å². The number of benzene rings is 1. The van der Waals surface area contributed by atoms with Gasteiger partial charge in [0.1, 0.15) is 5.82 Å². The summed E-state index contributed by atoms with van der Waals surface area (Å²) in [7, 11) is 1.28. The molecule has 0 radical (unpaired) electrons. The van der Waals surface area contributed by atoms with Crippen LogP contribution in [0.1, 0.15) is 33.8 Å². The molecule has 1 aromatic carbocycles. The maximum Gasteiger partial charge on any atom is 0.340 e. The summed E-state index contributed by atoms with van der Waals surface area (Å²) in [5.74, 6) is -1.02. The number of hydrogen-bond donors (Lipinski definition) is 1. The molecule has 0 spiro atoms. The summed E-state index contributed by atoms with van der Waals surface area (Å²) in [5, 5.41) is 5.26. The number of ether oxygens (including phenoxy) is 1. The zero-order valence-electron chi connectivity index (χ0n) is 11.6. The van der Waals surface area contributed by atoms with Crippen molar-refractivity contribution in [3.63, 3.8) is 0 Å². The number of hydrogen-bond acceptors (Lipinski definition) is 4. The fourth-order valence-electron chi connectivity index (χ4n) is 2.05. The number of halogens is 1. The maximum atomic E-state index is 13.3. The summed E-state index contributed by atoms with van der Waals surface area (Å²) in [4.78, 5) is 12.9. The van der Waals surface area contributed by atoms with Crippen LogP contribution in [-0.2, 0) is 4.74 Å². The molecule has 0 bridgehead atoms. The first-order chi connectivity index (χ1) is 9.52. The van der Waals surface area contributed by atoms with E-state index >= 15 is 0 Å². The molecular weight excluding hydrogens is 277 g/mol. The molecular formula is C15H16FNO2S. The Morgan fingerprint density at radius 1 is 1.40 bits per heavy atom. The Labute approximate surface area is 121 Å². The number of rotatable bonds is 4. The first-order valence-electron chi connectivity index (χ1n) is 6.21. The Morgan fingerprint density at radius 2 is 2.15 bits per heavy atom. The molecule has 20 heavy (non-hydrogen) atoms. The molecule has 0 amide bonds. The highest BCUT2D eigenvalue weighted by Gasteiger charge is 2.16. The number of carbonyl (C=O) groups is 1. The van der Waals surface area contributed by atoms with E-state index in [2.05, 4.69) is 10.1 Å². The van der Waals surface area contributed by atoms with E-state index in [9.17, 15) is 9.18 Å². The third-order valence-electron chi connectivity index (χ3n) is 3.05. The quantitative estimate of drug-likeness (QED) is 0.860. The van der Waals surface area contributed by atoms with Crippen LogP contribution in [0.2, 0.25) is 0 Å². The van der Waals surface area contributed by atoms with Gasteiger partial charge in [-0.2, -0.15) is 0 Å². The standard InChI is InChI=1S/C15H16FNO2S/c1-9-6-7-20-14(9)10(2)17-13-5-4-11(16)8-12(13)15(18)19-3/h4-8,10,17H,1-3H3. The Morgan fingerprint density at radius 3 is 2.75 bits per heavy atom. The summed E-state index contributed by atoms with van der Waals surface area (Å²) >= 11 is 1.65. The van der Waals surface area contributed by atoms with Crippen molar-refractivity contribution in [2.45, 2.75) is 19.9 Å². The van der Waals surface area contributed by atoms with Gasteiger partial charge in [0.05, 0.1) is 18.7 Å². The van der Waals surface area contributed by atoms with E-state index in [1.165, 1.54) is 29.7 Å². The second-order valence-corrected chi connectivity index (χ2v) is 5.46. The van der Waals surface area contributed by atoms with Crippen molar-refractivity contribution in [3.05, 3.63) is 51.5 Å². The van der Waals surface area contributed by atoms with E-state index < -0.39 is 11.8 Å². The number of thiophene rings is 1. The van der Waals surface area contributed by atoms with Gasteiger partial charge in [-0.3, -0.25) is 0 Å². The van der Waals surface area contributed by atoms with E-state index in [0.717, 1.165) is 0 Å². The van der Waals surface area contributed by atoms with Crippen molar-refractivity contribution in [1.82, 2.24) is 0 Å². The van der Waals surface area contributed by atoms with Crippen molar-refractivity contribution < 1.29 is 13.9 Å². The molecule has 1 heterocycles. The summed E-state index contributed by atoms with van der Waals surface area (Å²) in [5.41, 5.74) is 1.96. The maximum absolute atomic E-state index is 13.3. The molecule has 0 aliphatic carbocycles. The van der Waals surface area contributed by atoms with E-state index in [1.54, 1.807) is 17.4 Å². The molecule has 5 heteroatoms. The molecule has 106 valence electrons. The van der Waals surface area contributed by atoms with Gasteiger partial charge >= 0.3 is 5.97 Å². The van der Waals surface area contributed by atoms with Crippen LogP contribution in [0, 0.1) is 12.7 Å². The Balaban J connectivity index is 2.29. The van der Waals surface area contributed by atoms with E-state index in [4.69, 9.17) is 0 Å². The van der Waals surface area contributed by atoms with Crippen LogP contribution >= 0.6 is 11.3 Å². The predicted molar refractivity (Wildman–Crippen MR) is 78.8 cm³/mol. The average molecular weight is 293 g/mol. The molecule has 0 fully saturated rings. The van der Waals surface area contributed by atoms with Crippen LogP contribution in [0.5, 0.6) is 0 Å².